The van der Waals surface area contributed by atoms with Crippen LogP contribution in [-0.4, -0.2) is 40.8 Å². The van der Waals surface area contributed by atoms with E-state index in [-0.39, 0.29) is 33.7 Å². The molecule has 13 heteroatoms. The van der Waals surface area contributed by atoms with Crippen molar-refractivity contribution in [2.45, 2.75) is 38.8 Å². The van der Waals surface area contributed by atoms with Gasteiger partial charge in [-0.15, -0.1) is 10.2 Å². The topological polar surface area (TPSA) is 175 Å². The lowest BCUT2D eigenvalue weighted by Gasteiger charge is -2.36. The Balaban J connectivity index is 1.60. The van der Waals surface area contributed by atoms with Crippen molar-refractivity contribution < 1.29 is 14.3 Å². The van der Waals surface area contributed by atoms with Crippen molar-refractivity contribution in [3.05, 3.63) is 51.6 Å². The van der Waals surface area contributed by atoms with Gasteiger partial charge < -0.3 is 20.6 Å². The standard InChI is InChI=1S/C22H21ClN8O4/c1-9(27-18-16(17(24)25-8-26-18)20-30-29-10(2)35-20)19-28-14-5-3-4-13(23)15(14)21(32)31(19)12-6-11(7-12)22(33)34/h3-5,8-9,11-12H,6-7H2,1-2H3,(H,33,34)(H3,24,25,26,27)/t9-,11?,12?/m0/s1. The zero-order valence-corrected chi connectivity index (χ0v) is 19.5. The van der Waals surface area contributed by atoms with E-state index in [1.54, 1.807) is 25.1 Å². The Kier molecular flexibility index (Phi) is 5.59. The number of halogens is 1. The van der Waals surface area contributed by atoms with Crippen LogP contribution < -0.4 is 16.6 Å². The fourth-order valence-electron chi connectivity index (χ4n) is 4.26. The SMILES string of the molecule is Cc1nnc(-c2c(N)ncnc2N[C@@H](C)c2nc3cccc(Cl)c3c(=O)n2C2CC(C(=O)O)C2)o1. The number of nitrogens with two attached hydrogens (primary N) is 1. The van der Waals surface area contributed by atoms with Crippen molar-refractivity contribution in [2.24, 2.45) is 5.92 Å². The normalized spacial score (nSPS) is 18.3. The predicted octanol–water partition coefficient (Wildman–Crippen LogP) is 2.99. The number of carboxylic acids is 1. The second-order valence-corrected chi connectivity index (χ2v) is 8.82. The van der Waals surface area contributed by atoms with Crippen molar-refractivity contribution in [1.82, 2.24) is 29.7 Å². The molecule has 4 aromatic rings. The highest BCUT2D eigenvalue weighted by Gasteiger charge is 2.38. The number of carboxylic acid groups (broad SMARTS) is 1. The van der Waals surface area contributed by atoms with Crippen LogP contribution in [0.5, 0.6) is 0 Å². The molecule has 0 radical (unpaired) electrons. The first-order valence-corrected chi connectivity index (χ1v) is 11.2. The molecule has 1 fully saturated rings. The molecule has 180 valence electrons. The van der Waals surface area contributed by atoms with Crippen molar-refractivity contribution in [1.29, 1.82) is 0 Å². The summed E-state index contributed by atoms with van der Waals surface area (Å²) in [6.07, 6.45) is 1.93. The van der Waals surface area contributed by atoms with E-state index in [1.165, 1.54) is 10.9 Å². The summed E-state index contributed by atoms with van der Waals surface area (Å²) in [6, 6.07) is 4.17. The summed E-state index contributed by atoms with van der Waals surface area (Å²) in [7, 11) is 0. The van der Waals surface area contributed by atoms with Gasteiger partial charge >= 0.3 is 5.97 Å². The Morgan fingerprint density at radius 1 is 1.31 bits per heavy atom. The van der Waals surface area contributed by atoms with E-state index < -0.39 is 17.9 Å². The van der Waals surface area contributed by atoms with Gasteiger partial charge in [-0.25, -0.2) is 15.0 Å². The number of rotatable bonds is 6. The van der Waals surface area contributed by atoms with Gasteiger partial charge in [0.05, 0.1) is 27.9 Å². The highest BCUT2D eigenvalue weighted by Crippen LogP contribution is 2.39. The molecule has 0 aliphatic heterocycles. The molecule has 0 unspecified atom stereocenters. The highest BCUT2D eigenvalue weighted by atomic mass is 35.5. The number of aromatic nitrogens is 6. The maximum absolute atomic E-state index is 13.6. The number of nitrogens with one attached hydrogen (secondary N) is 1. The second-order valence-electron chi connectivity index (χ2n) is 8.41. The molecule has 1 aliphatic rings. The number of nitrogens with zero attached hydrogens (tertiary/aromatic N) is 6. The minimum atomic E-state index is -0.884. The van der Waals surface area contributed by atoms with Gasteiger partial charge in [0.1, 0.15) is 29.4 Å². The smallest absolute Gasteiger partial charge is 0.306 e. The third kappa shape index (κ3) is 3.95. The van der Waals surface area contributed by atoms with Gasteiger partial charge in [0, 0.05) is 13.0 Å². The van der Waals surface area contributed by atoms with Gasteiger partial charge in [-0.05, 0) is 31.9 Å². The first-order chi connectivity index (χ1) is 16.7. The third-order valence-electron chi connectivity index (χ3n) is 6.09. The second kappa shape index (κ2) is 8.62. The van der Waals surface area contributed by atoms with Crippen LogP contribution in [0.2, 0.25) is 5.02 Å². The molecule has 5 rings (SSSR count). The molecular formula is C22H21ClN8O4. The van der Waals surface area contributed by atoms with Crippen molar-refractivity contribution in [2.75, 3.05) is 11.1 Å². The fourth-order valence-corrected chi connectivity index (χ4v) is 4.52. The minimum Gasteiger partial charge on any atom is -0.481 e. The Morgan fingerprint density at radius 3 is 2.77 bits per heavy atom. The van der Waals surface area contributed by atoms with E-state index in [0.29, 0.717) is 41.5 Å². The summed E-state index contributed by atoms with van der Waals surface area (Å²) < 4.78 is 7.06. The largest absolute Gasteiger partial charge is 0.481 e. The van der Waals surface area contributed by atoms with Gasteiger partial charge in [-0.2, -0.15) is 0 Å². The zero-order chi connectivity index (χ0) is 24.9. The number of anilines is 2. The molecule has 3 heterocycles. The number of aryl methyl sites for hydroxylation is 1. The number of benzene rings is 1. The molecule has 1 saturated carbocycles. The summed E-state index contributed by atoms with van der Waals surface area (Å²) >= 11 is 6.33. The molecule has 0 saturated heterocycles. The predicted molar refractivity (Wildman–Crippen MR) is 127 cm³/mol. The summed E-state index contributed by atoms with van der Waals surface area (Å²) in [5.41, 5.74) is 6.52. The number of carbonyl (C=O) groups is 1. The molecule has 0 spiro atoms. The first-order valence-electron chi connectivity index (χ1n) is 10.9. The number of hydrogen-bond acceptors (Lipinski definition) is 10. The number of fused-ring (bicyclic) bond motifs is 1. The maximum atomic E-state index is 13.6. The monoisotopic (exact) mass is 496 g/mol. The third-order valence-corrected chi connectivity index (χ3v) is 6.41. The number of hydrogen-bond donors (Lipinski definition) is 3. The van der Waals surface area contributed by atoms with Gasteiger partial charge in [-0.1, -0.05) is 17.7 Å². The van der Waals surface area contributed by atoms with Gasteiger partial charge in [0.25, 0.3) is 11.4 Å². The Hall–Kier alpha value is -4.06. The van der Waals surface area contributed by atoms with E-state index >= 15 is 0 Å². The first kappa shape index (κ1) is 22.7. The van der Waals surface area contributed by atoms with Crippen LogP contribution in [0.4, 0.5) is 11.6 Å². The van der Waals surface area contributed by atoms with Crippen molar-refractivity contribution >= 4 is 40.1 Å². The number of aliphatic carboxylic acids is 1. The van der Waals surface area contributed by atoms with Crippen LogP contribution in [-0.2, 0) is 4.79 Å². The lowest BCUT2D eigenvalue weighted by molar-refractivity contribution is -0.146. The van der Waals surface area contributed by atoms with Gasteiger partial charge in [-0.3, -0.25) is 14.2 Å². The van der Waals surface area contributed by atoms with Crippen LogP contribution >= 0.6 is 11.6 Å². The molecule has 35 heavy (non-hydrogen) atoms. The summed E-state index contributed by atoms with van der Waals surface area (Å²) in [5, 5.41) is 21.0. The molecule has 1 aromatic carbocycles. The van der Waals surface area contributed by atoms with Crippen LogP contribution in [0.1, 0.15) is 43.6 Å². The molecule has 3 aromatic heterocycles. The summed E-state index contributed by atoms with van der Waals surface area (Å²) in [5.74, 6) is -0.0430. The molecular weight excluding hydrogens is 476 g/mol. The van der Waals surface area contributed by atoms with E-state index in [1.807, 2.05) is 6.92 Å². The van der Waals surface area contributed by atoms with Crippen LogP contribution in [0.15, 0.2) is 33.7 Å². The lowest BCUT2D eigenvalue weighted by atomic mass is 9.80. The summed E-state index contributed by atoms with van der Waals surface area (Å²) in [6.45, 7) is 3.46. The van der Waals surface area contributed by atoms with E-state index in [0.717, 1.165) is 0 Å². The van der Waals surface area contributed by atoms with E-state index in [2.05, 4.69) is 25.5 Å². The zero-order valence-electron chi connectivity index (χ0n) is 18.8. The quantitative estimate of drug-likeness (QED) is 0.357. The average Bonchev–Trinajstić information content (AvgIpc) is 3.19. The fraction of sp³-hybridized carbons (Fsp3) is 0.318. The number of nitrogen functional groups attached to an aromatic ring is 1. The summed E-state index contributed by atoms with van der Waals surface area (Å²) in [4.78, 5) is 38.0. The Morgan fingerprint density at radius 2 is 2.09 bits per heavy atom. The lowest BCUT2D eigenvalue weighted by Crippen LogP contribution is -2.40. The van der Waals surface area contributed by atoms with Crippen molar-refractivity contribution in [3.8, 4) is 11.5 Å². The van der Waals surface area contributed by atoms with Gasteiger partial charge in [0.15, 0.2) is 0 Å². The Bertz CT molecular complexity index is 1510. The Labute approximate surface area is 203 Å². The highest BCUT2D eigenvalue weighted by molar-refractivity contribution is 6.35. The molecule has 1 atom stereocenters. The van der Waals surface area contributed by atoms with Gasteiger partial charge in [0.2, 0.25) is 5.89 Å². The van der Waals surface area contributed by atoms with Crippen LogP contribution in [0.3, 0.4) is 0 Å². The van der Waals surface area contributed by atoms with E-state index in [9.17, 15) is 14.7 Å². The average molecular weight is 497 g/mol. The molecule has 12 nitrogen and oxygen atoms in total. The van der Waals surface area contributed by atoms with Crippen LogP contribution in [0, 0.1) is 12.8 Å². The molecule has 1 aliphatic carbocycles. The van der Waals surface area contributed by atoms with Crippen LogP contribution in [0.25, 0.3) is 22.4 Å². The minimum absolute atomic E-state index is 0.136. The van der Waals surface area contributed by atoms with Crippen molar-refractivity contribution in [3.63, 3.8) is 0 Å². The molecule has 0 bridgehead atoms. The van der Waals surface area contributed by atoms with E-state index in [4.69, 9.17) is 26.7 Å². The molecule has 4 N–H and O–H groups in total. The maximum Gasteiger partial charge on any atom is 0.306 e. The molecule has 0 amide bonds.